The summed E-state index contributed by atoms with van der Waals surface area (Å²) in [7, 11) is 22.4. The number of aliphatic hydroxyl groups is 2. The van der Waals surface area contributed by atoms with Crippen molar-refractivity contribution >= 4 is 71.6 Å². The zero-order valence-corrected chi connectivity index (χ0v) is 24.7. The number of alkyl halides is 4. The molecule has 15 heteroatoms. The molecule has 1 heterocycles. The van der Waals surface area contributed by atoms with E-state index in [1.807, 2.05) is 0 Å². The Bertz CT molecular complexity index is 1650. The lowest BCUT2D eigenvalue weighted by Crippen LogP contribution is -2.54. The number of thioether (sulfide) groups is 1. The van der Waals surface area contributed by atoms with Gasteiger partial charge < -0.3 is 20.1 Å². The highest BCUT2D eigenvalue weighted by atomic mass is 35.5. The number of nitrogens with zero attached hydrogens (tertiary/aromatic N) is 1. The first kappa shape index (κ1) is 34.1. The summed E-state index contributed by atoms with van der Waals surface area (Å²) < 4.78 is 54.2. The number of aliphatic hydroxyl groups excluding tert-OH is 1. The molecule has 3 N–H and O–H groups in total. The van der Waals surface area contributed by atoms with Crippen LogP contribution >= 0.6 is 23.4 Å². The fraction of sp³-hybridized carbons (Fsp3) is 0.276. The normalized spacial score (nSPS) is 13.2. The maximum Gasteiger partial charge on any atom is 0.416 e. The van der Waals surface area contributed by atoms with Crippen LogP contribution in [0, 0.1) is 0 Å². The molecule has 1 amide bonds. The zero-order valence-electron chi connectivity index (χ0n) is 23.1. The van der Waals surface area contributed by atoms with Crippen molar-refractivity contribution in [1.29, 1.82) is 0 Å². The molecule has 1 atom stereocenters. The number of carbonyl (C=O) groups excluding carboxylic acids is 1. The van der Waals surface area contributed by atoms with E-state index in [1.165, 1.54) is 18.2 Å². The molecular weight excluding hydrogens is 611 g/mol. The number of benzene rings is 3. The number of rotatable bonds is 11. The van der Waals surface area contributed by atoms with E-state index in [1.54, 1.807) is 47.0 Å². The molecule has 3 aromatic carbocycles. The highest BCUT2D eigenvalue weighted by molar-refractivity contribution is 8.03. The summed E-state index contributed by atoms with van der Waals surface area (Å²) in [4.78, 5) is 13.7. The van der Waals surface area contributed by atoms with Crippen LogP contribution in [0.2, 0.25) is 5.02 Å². The molecule has 44 heavy (non-hydrogen) atoms. The van der Waals surface area contributed by atoms with Crippen molar-refractivity contribution in [1.82, 2.24) is 9.88 Å². The average molecular weight is 634 g/mol. The molecule has 0 saturated heterocycles. The number of hydrogen-bond acceptors (Lipinski definition) is 4. The Kier molecular flexibility index (Phi) is 10.3. The van der Waals surface area contributed by atoms with Gasteiger partial charge in [-0.15, -0.1) is 11.8 Å². The topological polar surface area (TPSA) is 74.5 Å². The van der Waals surface area contributed by atoms with Gasteiger partial charge in [0.25, 0.3) is 5.91 Å². The van der Waals surface area contributed by atoms with Gasteiger partial charge in [-0.2, -0.15) is 13.2 Å². The molecule has 0 aliphatic rings. The molecule has 1 aromatic heterocycles. The Hall–Kier alpha value is -2.79. The maximum absolute atomic E-state index is 13.7. The SMILES string of the molecule is [B]C([B])(O)C([B])([B])Sc1ccc(C(CO)NC(=O)c2ccc3c(c2)cc(Cc2ccc(Cl)cc2C(F)(F)F)n3CCF)cc1. The summed E-state index contributed by atoms with van der Waals surface area (Å²) in [6, 6.07) is 15.4. The smallest absolute Gasteiger partial charge is 0.409 e. The third kappa shape index (κ3) is 7.70. The van der Waals surface area contributed by atoms with Crippen molar-refractivity contribution in [3.05, 3.63) is 99.7 Å². The van der Waals surface area contributed by atoms with Crippen LogP contribution in [0.3, 0.4) is 0 Å². The van der Waals surface area contributed by atoms with E-state index in [9.17, 15) is 32.6 Å². The molecule has 0 saturated carbocycles. The molecule has 5 nitrogen and oxygen atoms in total. The van der Waals surface area contributed by atoms with Crippen molar-refractivity contribution in [3.8, 4) is 0 Å². The van der Waals surface area contributed by atoms with E-state index < -0.39 is 46.9 Å². The van der Waals surface area contributed by atoms with Crippen LogP contribution in [0.1, 0.15) is 38.8 Å². The summed E-state index contributed by atoms with van der Waals surface area (Å²) in [6.45, 7) is -1.28. The number of halogens is 5. The first-order valence-corrected chi connectivity index (χ1v) is 14.4. The summed E-state index contributed by atoms with van der Waals surface area (Å²) in [5, 5.41) is 20.6. The lowest BCUT2D eigenvalue weighted by Gasteiger charge is -2.39. The third-order valence-electron chi connectivity index (χ3n) is 6.99. The Labute approximate surface area is 266 Å². The Morgan fingerprint density at radius 2 is 1.68 bits per heavy atom. The molecule has 220 valence electrons. The first-order valence-electron chi connectivity index (χ1n) is 13.2. The van der Waals surface area contributed by atoms with Crippen LogP contribution in [0.15, 0.2) is 71.6 Å². The van der Waals surface area contributed by atoms with E-state index in [0.29, 0.717) is 27.1 Å². The number of fused-ring (bicyclic) bond motifs is 1. The highest BCUT2D eigenvalue weighted by Crippen LogP contribution is 2.36. The molecule has 0 bridgehead atoms. The van der Waals surface area contributed by atoms with Crippen molar-refractivity contribution < 1.29 is 32.6 Å². The standard InChI is InChI=1S/C29H23B4ClF4N2O3S/c30-28(31,43)29(32,33)44-22-6-2-16(3-7-22)24(15-41)39-26(42)18-4-8-25-19(11-18)13-21(40(25)10-9-35)12-17-1-5-20(34)14-23(17)27(36,37)38/h1-8,11,13-14,24,41,43H,9-10,12,15H2,(H,39,42). The second-order valence-corrected chi connectivity index (χ2v) is 12.0. The monoisotopic (exact) mass is 634 g/mol. The molecule has 4 aromatic rings. The third-order valence-corrected chi connectivity index (χ3v) is 8.40. The van der Waals surface area contributed by atoms with Gasteiger partial charge in [0, 0.05) is 38.5 Å². The Morgan fingerprint density at radius 1 is 1.00 bits per heavy atom. The first-order chi connectivity index (χ1) is 20.5. The number of amides is 1. The van der Waals surface area contributed by atoms with Gasteiger partial charge in [0.05, 0.1) is 56.1 Å². The quantitative estimate of drug-likeness (QED) is 0.130. The van der Waals surface area contributed by atoms with Gasteiger partial charge in [-0.25, -0.2) is 4.39 Å². The Balaban J connectivity index is 1.57. The summed E-state index contributed by atoms with van der Waals surface area (Å²) >= 11 is 6.63. The predicted octanol–water partition coefficient (Wildman–Crippen LogP) is 4.40. The maximum atomic E-state index is 13.7. The minimum Gasteiger partial charge on any atom is -0.409 e. The van der Waals surface area contributed by atoms with E-state index in [4.69, 9.17) is 43.0 Å². The van der Waals surface area contributed by atoms with Crippen LogP contribution in [0.25, 0.3) is 10.9 Å². The minimum absolute atomic E-state index is 0.0247. The van der Waals surface area contributed by atoms with E-state index >= 15 is 0 Å². The van der Waals surface area contributed by atoms with Gasteiger partial charge in [-0.05, 0) is 69.6 Å². The second kappa shape index (κ2) is 13.3. The molecule has 0 aliphatic heterocycles. The molecule has 0 fully saturated rings. The fourth-order valence-electron chi connectivity index (χ4n) is 4.65. The van der Waals surface area contributed by atoms with Crippen LogP contribution in [-0.4, -0.2) is 75.3 Å². The highest BCUT2D eigenvalue weighted by Gasteiger charge is 2.34. The molecule has 4 rings (SSSR count). The lowest BCUT2D eigenvalue weighted by atomic mass is 9.45. The van der Waals surface area contributed by atoms with Crippen LogP contribution in [-0.2, 0) is 19.1 Å². The molecule has 8 radical (unpaired) electrons. The molecule has 0 aliphatic carbocycles. The molecular formula is C29H23B4ClF4N2O3S. The Morgan fingerprint density at radius 3 is 2.27 bits per heavy atom. The summed E-state index contributed by atoms with van der Waals surface area (Å²) in [6.07, 6.45) is -4.78. The van der Waals surface area contributed by atoms with Gasteiger partial charge >= 0.3 is 6.18 Å². The van der Waals surface area contributed by atoms with Gasteiger partial charge in [-0.1, -0.05) is 29.8 Å². The second-order valence-electron chi connectivity index (χ2n) is 10.2. The van der Waals surface area contributed by atoms with Gasteiger partial charge in [0.15, 0.2) is 0 Å². The van der Waals surface area contributed by atoms with Gasteiger partial charge in [0.1, 0.15) is 6.67 Å². The minimum atomic E-state index is -4.63. The van der Waals surface area contributed by atoms with Crippen LogP contribution < -0.4 is 5.32 Å². The largest absolute Gasteiger partial charge is 0.416 e. The van der Waals surface area contributed by atoms with E-state index in [-0.39, 0.29) is 29.1 Å². The number of hydrogen-bond donors (Lipinski definition) is 3. The average Bonchev–Trinajstić information content (AvgIpc) is 3.28. The van der Waals surface area contributed by atoms with E-state index in [2.05, 4.69) is 5.32 Å². The van der Waals surface area contributed by atoms with E-state index in [0.717, 1.165) is 17.8 Å². The van der Waals surface area contributed by atoms with Crippen LogP contribution in [0.4, 0.5) is 17.6 Å². The molecule has 1 unspecified atom stereocenters. The molecule has 0 spiro atoms. The number of aryl methyl sites for hydroxylation is 1. The summed E-state index contributed by atoms with van der Waals surface area (Å²) in [5.41, 5.74) is 0.826. The number of nitrogens with one attached hydrogen (secondary N) is 1. The predicted molar refractivity (Wildman–Crippen MR) is 167 cm³/mol. The van der Waals surface area contributed by atoms with Gasteiger partial charge in [-0.3, -0.25) is 4.79 Å². The van der Waals surface area contributed by atoms with Crippen molar-refractivity contribution in [2.75, 3.05) is 13.3 Å². The van der Waals surface area contributed by atoms with Gasteiger partial charge in [0.2, 0.25) is 0 Å². The van der Waals surface area contributed by atoms with Crippen molar-refractivity contribution in [2.24, 2.45) is 0 Å². The summed E-state index contributed by atoms with van der Waals surface area (Å²) in [5.74, 6) is -0.527. The number of aromatic nitrogens is 1. The lowest BCUT2D eigenvalue weighted by molar-refractivity contribution is -0.138. The fourth-order valence-corrected chi connectivity index (χ4v) is 5.64. The van der Waals surface area contributed by atoms with Crippen molar-refractivity contribution in [3.63, 3.8) is 0 Å². The number of carbonyl (C=O) groups is 1. The zero-order chi connectivity index (χ0) is 32.4. The van der Waals surface area contributed by atoms with Crippen molar-refractivity contribution in [2.45, 2.75) is 40.0 Å². The van der Waals surface area contributed by atoms with Crippen LogP contribution in [0.5, 0.6) is 0 Å².